The van der Waals surface area contributed by atoms with Crippen molar-refractivity contribution in [1.82, 2.24) is 9.03 Å². The monoisotopic (exact) mass is 302 g/mol. The van der Waals surface area contributed by atoms with Gasteiger partial charge in [-0.2, -0.15) is 17.4 Å². The smallest absolute Gasteiger partial charge is 0.371 e. The van der Waals surface area contributed by atoms with Crippen molar-refractivity contribution in [2.45, 2.75) is 38.8 Å². The number of carbonyl (C=O) groups is 1. The molecular formula is C12H18N2O5S. The second-order valence-corrected chi connectivity index (χ2v) is 6.56. The third-order valence-corrected chi connectivity index (χ3v) is 5.02. The van der Waals surface area contributed by atoms with Crippen LogP contribution < -0.4 is 4.72 Å². The Morgan fingerprint density at radius 3 is 2.85 bits per heavy atom. The summed E-state index contributed by atoms with van der Waals surface area (Å²) >= 11 is 0. The maximum absolute atomic E-state index is 12.2. The molecule has 1 unspecified atom stereocenters. The van der Waals surface area contributed by atoms with E-state index >= 15 is 0 Å². The molecule has 1 fully saturated rings. The second-order valence-electron chi connectivity index (χ2n) is 4.85. The van der Waals surface area contributed by atoms with Gasteiger partial charge < -0.3 is 9.52 Å². The van der Waals surface area contributed by atoms with Crippen LogP contribution in [0.5, 0.6) is 0 Å². The molecule has 1 aliphatic heterocycles. The van der Waals surface area contributed by atoms with Crippen molar-refractivity contribution >= 4 is 16.2 Å². The molecule has 112 valence electrons. The molecule has 0 radical (unpaired) electrons. The van der Waals surface area contributed by atoms with Crippen molar-refractivity contribution in [1.29, 1.82) is 0 Å². The summed E-state index contributed by atoms with van der Waals surface area (Å²) < 4.78 is 33.2. The van der Waals surface area contributed by atoms with Gasteiger partial charge in [0.15, 0.2) is 0 Å². The van der Waals surface area contributed by atoms with E-state index < -0.39 is 16.2 Å². The molecule has 1 atom stereocenters. The molecule has 2 rings (SSSR count). The Hall–Kier alpha value is -1.38. The van der Waals surface area contributed by atoms with Crippen LogP contribution in [0.4, 0.5) is 0 Å². The number of hydrogen-bond acceptors (Lipinski definition) is 4. The topological polar surface area (TPSA) is 99.9 Å². The van der Waals surface area contributed by atoms with Gasteiger partial charge in [0.1, 0.15) is 5.76 Å². The highest BCUT2D eigenvalue weighted by molar-refractivity contribution is 7.87. The fourth-order valence-electron chi connectivity index (χ4n) is 2.26. The molecule has 1 aromatic heterocycles. The quantitative estimate of drug-likeness (QED) is 0.851. The summed E-state index contributed by atoms with van der Waals surface area (Å²) in [5.74, 6) is -1.11. The van der Waals surface area contributed by atoms with Crippen molar-refractivity contribution in [2.75, 3.05) is 6.54 Å². The van der Waals surface area contributed by atoms with Gasteiger partial charge in [-0.25, -0.2) is 4.79 Å². The third kappa shape index (κ3) is 3.38. The normalized spacial score (nSPS) is 20.9. The van der Waals surface area contributed by atoms with Gasteiger partial charge in [-0.3, -0.25) is 0 Å². The highest BCUT2D eigenvalue weighted by atomic mass is 32.2. The molecule has 0 amide bonds. The fourth-order valence-corrected chi connectivity index (χ4v) is 3.70. The molecule has 2 N–H and O–H groups in total. The zero-order valence-electron chi connectivity index (χ0n) is 11.2. The number of nitrogens with zero attached hydrogens (tertiary/aromatic N) is 1. The number of carboxylic acids is 1. The van der Waals surface area contributed by atoms with Gasteiger partial charge in [0.05, 0.1) is 6.54 Å². The van der Waals surface area contributed by atoms with E-state index in [2.05, 4.69) is 4.72 Å². The standard InChI is InChI=1S/C12H18N2O5S/c1-9-4-2-3-7-14(9)20(17,18)13-8-10-5-6-11(19-10)12(15)16/h5-6,9,13H,2-4,7-8H2,1H3,(H,15,16). The Morgan fingerprint density at radius 1 is 1.50 bits per heavy atom. The molecule has 1 aromatic rings. The molecule has 20 heavy (non-hydrogen) atoms. The first-order chi connectivity index (χ1) is 9.40. The predicted octanol–water partition coefficient (Wildman–Crippen LogP) is 1.19. The number of piperidine rings is 1. The van der Waals surface area contributed by atoms with E-state index in [4.69, 9.17) is 9.52 Å². The molecule has 1 saturated heterocycles. The minimum atomic E-state index is -3.57. The van der Waals surface area contributed by atoms with Gasteiger partial charge in [0.25, 0.3) is 10.2 Å². The van der Waals surface area contributed by atoms with Crippen LogP contribution in [0.15, 0.2) is 16.5 Å². The van der Waals surface area contributed by atoms with E-state index in [1.165, 1.54) is 16.4 Å². The molecule has 8 heteroatoms. The molecule has 0 saturated carbocycles. The van der Waals surface area contributed by atoms with Gasteiger partial charge in [-0.05, 0) is 31.9 Å². The summed E-state index contributed by atoms with van der Waals surface area (Å²) in [4.78, 5) is 10.7. The summed E-state index contributed by atoms with van der Waals surface area (Å²) in [6.07, 6.45) is 2.74. The fraction of sp³-hybridized carbons (Fsp3) is 0.583. The van der Waals surface area contributed by atoms with Crippen LogP contribution in [0.2, 0.25) is 0 Å². The summed E-state index contributed by atoms with van der Waals surface area (Å²) in [7, 11) is -3.57. The first kappa shape index (κ1) is 15.0. The lowest BCUT2D eigenvalue weighted by Crippen LogP contribution is -2.47. The first-order valence-electron chi connectivity index (χ1n) is 6.48. The second kappa shape index (κ2) is 5.94. The minimum absolute atomic E-state index is 0.0209. The number of furan rings is 1. The van der Waals surface area contributed by atoms with Crippen LogP contribution in [-0.2, 0) is 16.8 Å². The minimum Gasteiger partial charge on any atom is -0.475 e. The van der Waals surface area contributed by atoms with Crippen LogP contribution in [0, 0.1) is 0 Å². The van der Waals surface area contributed by atoms with E-state index in [9.17, 15) is 13.2 Å². The third-order valence-electron chi connectivity index (χ3n) is 3.35. The van der Waals surface area contributed by atoms with Crippen molar-refractivity contribution < 1.29 is 22.7 Å². The highest BCUT2D eigenvalue weighted by Crippen LogP contribution is 2.19. The Kier molecular flexibility index (Phi) is 4.46. The van der Waals surface area contributed by atoms with Crippen LogP contribution in [-0.4, -0.2) is 36.4 Å². The molecule has 7 nitrogen and oxygen atoms in total. The lowest BCUT2D eigenvalue weighted by molar-refractivity contribution is 0.0660. The van der Waals surface area contributed by atoms with Crippen molar-refractivity contribution in [2.24, 2.45) is 0 Å². The largest absolute Gasteiger partial charge is 0.475 e. The number of hydrogen-bond donors (Lipinski definition) is 2. The van der Waals surface area contributed by atoms with Gasteiger partial charge in [-0.15, -0.1) is 0 Å². The van der Waals surface area contributed by atoms with Crippen LogP contribution in [0.25, 0.3) is 0 Å². The average molecular weight is 302 g/mol. The lowest BCUT2D eigenvalue weighted by Gasteiger charge is -2.32. The zero-order valence-corrected chi connectivity index (χ0v) is 12.0. The number of carboxylic acid groups (broad SMARTS) is 1. The first-order valence-corrected chi connectivity index (χ1v) is 7.92. The number of aromatic carboxylic acids is 1. The van der Waals surface area contributed by atoms with Crippen molar-refractivity contribution in [3.05, 3.63) is 23.7 Å². The van der Waals surface area contributed by atoms with Gasteiger partial charge in [0, 0.05) is 12.6 Å². The molecule has 1 aliphatic rings. The van der Waals surface area contributed by atoms with E-state index in [1.807, 2.05) is 6.92 Å². The summed E-state index contributed by atoms with van der Waals surface area (Å²) in [6, 6.07) is 2.73. The Morgan fingerprint density at radius 2 is 2.25 bits per heavy atom. The van der Waals surface area contributed by atoms with Crippen LogP contribution >= 0.6 is 0 Å². The van der Waals surface area contributed by atoms with Crippen molar-refractivity contribution in [3.63, 3.8) is 0 Å². The van der Waals surface area contributed by atoms with Gasteiger partial charge >= 0.3 is 5.97 Å². The predicted molar refractivity (Wildman–Crippen MR) is 71.4 cm³/mol. The number of rotatable bonds is 5. The van der Waals surface area contributed by atoms with E-state index in [0.717, 1.165) is 19.3 Å². The van der Waals surface area contributed by atoms with E-state index in [0.29, 0.717) is 6.54 Å². The molecular weight excluding hydrogens is 284 g/mol. The van der Waals surface area contributed by atoms with E-state index in [-0.39, 0.29) is 24.1 Å². The van der Waals surface area contributed by atoms with Crippen LogP contribution in [0.1, 0.15) is 42.5 Å². The molecule has 0 aliphatic carbocycles. The van der Waals surface area contributed by atoms with E-state index in [1.54, 1.807) is 0 Å². The number of nitrogens with one attached hydrogen (secondary N) is 1. The molecule has 0 bridgehead atoms. The van der Waals surface area contributed by atoms with Gasteiger partial charge in [0.2, 0.25) is 5.76 Å². The zero-order chi connectivity index (χ0) is 14.8. The Balaban J connectivity index is 1.99. The molecule has 2 heterocycles. The summed E-state index contributed by atoms with van der Waals surface area (Å²) in [5, 5.41) is 8.72. The Labute approximate surface area is 117 Å². The maximum atomic E-state index is 12.2. The highest BCUT2D eigenvalue weighted by Gasteiger charge is 2.29. The lowest BCUT2D eigenvalue weighted by atomic mass is 10.1. The van der Waals surface area contributed by atoms with Crippen LogP contribution in [0.3, 0.4) is 0 Å². The summed E-state index contributed by atoms with van der Waals surface area (Å²) in [5.41, 5.74) is 0. The summed E-state index contributed by atoms with van der Waals surface area (Å²) in [6.45, 7) is 2.33. The molecule has 0 aromatic carbocycles. The molecule has 0 spiro atoms. The van der Waals surface area contributed by atoms with Crippen molar-refractivity contribution in [3.8, 4) is 0 Å². The Bertz CT molecular complexity index is 580. The van der Waals surface area contributed by atoms with Gasteiger partial charge in [-0.1, -0.05) is 6.42 Å². The maximum Gasteiger partial charge on any atom is 0.371 e. The average Bonchev–Trinajstić information content (AvgIpc) is 2.86. The SMILES string of the molecule is CC1CCCCN1S(=O)(=O)NCc1ccc(C(=O)O)o1.